The van der Waals surface area contributed by atoms with Crippen LogP contribution < -0.4 is 11.1 Å². The van der Waals surface area contributed by atoms with Gasteiger partial charge in [-0.1, -0.05) is 19.3 Å². The third-order valence-electron chi connectivity index (χ3n) is 3.82. The van der Waals surface area contributed by atoms with Gasteiger partial charge in [-0.05, 0) is 25.7 Å². The molecule has 1 saturated carbocycles. The van der Waals surface area contributed by atoms with Gasteiger partial charge in [0.1, 0.15) is 0 Å². The molecule has 5 nitrogen and oxygen atoms in total. The van der Waals surface area contributed by atoms with Crippen molar-refractivity contribution in [2.24, 2.45) is 10.7 Å². The van der Waals surface area contributed by atoms with E-state index in [-0.39, 0.29) is 18.8 Å². The Hall–Kier alpha value is -0.810. The Kier molecular flexibility index (Phi) is 5.26. The molecule has 5 heteroatoms. The predicted octanol–water partition coefficient (Wildman–Crippen LogP) is 0.763. The highest BCUT2D eigenvalue weighted by Gasteiger charge is 2.24. The minimum atomic E-state index is -0.00210. The topological polar surface area (TPSA) is 79.9 Å². The van der Waals surface area contributed by atoms with E-state index in [4.69, 9.17) is 15.6 Å². The molecule has 0 amide bonds. The first kappa shape index (κ1) is 13.6. The molecule has 0 aromatic carbocycles. The number of aliphatic imine (C=N–C) groups is 1. The van der Waals surface area contributed by atoms with E-state index < -0.39 is 0 Å². The molecule has 1 aliphatic carbocycles. The molecule has 0 spiro atoms. The lowest BCUT2D eigenvalue weighted by Gasteiger charge is -2.23. The van der Waals surface area contributed by atoms with Crippen LogP contribution >= 0.6 is 0 Å². The second-order valence-corrected chi connectivity index (χ2v) is 5.35. The molecule has 0 radical (unpaired) electrons. The number of aliphatic hydroxyl groups excluding tert-OH is 1. The van der Waals surface area contributed by atoms with Crippen LogP contribution in [0.15, 0.2) is 4.99 Å². The monoisotopic (exact) mass is 255 g/mol. The van der Waals surface area contributed by atoms with E-state index >= 15 is 0 Å². The van der Waals surface area contributed by atoms with Crippen molar-refractivity contribution in [3.8, 4) is 0 Å². The summed E-state index contributed by atoms with van der Waals surface area (Å²) in [5.74, 6) is 0.540. The van der Waals surface area contributed by atoms with Crippen LogP contribution in [0.2, 0.25) is 0 Å². The Labute approximate surface area is 109 Å². The van der Waals surface area contributed by atoms with E-state index in [0.717, 1.165) is 12.8 Å². The summed E-state index contributed by atoms with van der Waals surface area (Å²) in [7, 11) is 0. The van der Waals surface area contributed by atoms with Gasteiger partial charge in [0.05, 0.1) is 25.4 Å². The van der Waals surface area contributed by atoms with Gasteiger partial charge in [-0.3, -0.25) is 4.99 Å². The van der Waals surface area contributed by atoms with Crippen molar-refractivity contribution in [1.29, 1.82) is 0 Å². The van der Waals surface area contributed by atoms with Gasteiger partial charge in [-0.25, -0.2) is 0 Å². The fourth-order valence-corrected chi connectivity index (χ4v) is 2.75. The molecule has 2 aliphatic rings. The summed E-state index contributed by atoms with van der Waals surface area (Å²) < 4.78 is 5.61. The second-order valence-electron chi connectivity index (χ2n) is 5.35. The van der Waals surface area contributed by atoms with Crippen molar-refractivity contribution in [3.05, 3.63) is 0 Å². The zero-order chi connectivity index (χ0) is 12.8. The Morgan fingerprint density at radius 3 is 2.56 bits per heavy atom. The normalized spacial score (nSPS) is 30.6. The molecule has 1 saturated heterocycles. The number of nitrogens with two attached hydrogens (primary N) is 1. The zero-order valence-electron chi connectivity index (χ0n) is 11.0. The predicted molar refractivity (Wildman–Crippen MR) is 71.5 cm³/mol. The van der Waals surface area contributed by atoms with Gasteiger partial charge in [0.2, 0.25) is 0 Å². The van der Waals surface area contributed by atoms with Crippen molar-refractivity contribution in [2.45, 2.75) is 63.2 Å². The number of nitrogens with zero attached hydrogens (tertiary/aromatic N) is 1. The standard InChI is InChI=1S/C13H25N3O2/c14-13(16-10-4-2-1-3-5-10)15-8-11-6-7-12(9-17)18-11/h10-12,17H,1-9H2,(H3,14,15,16)/t11-,12+/m1/s1. The summed E-state index contributed by atoms with van der Waals surface area (Å²) in [5.41, 5.74) is 5.88. The molecular formula is C13H25N3O2. The van der Waals surface area contributed by atoms with Crippen LogP contribution in [-0.2, 0) is 4.74 Å². The van der Waals surface area contributed by atoms with Gasteiger partial charge in [-0.2, -0.15) is 0 Å². The van der Waals surface area contributed by atoms with Crippen LogP contribution in [-0.4, -0.2) is 42.5 Å². The Bertz CT molecular complexity index is 277. The van der Waals surface area contributed by atoms with E-state index in [1.54, 1.807) is 0 Å². The van der Waals surface area contributed by atoms with Crippen molar-refractivity contribution in [1.82, 2.24) is 5.32 Å². The van der Waals surface area contributed by atoms with Crippen molar-refractivity contribution < 1.29 is 9.84 Å². The minimum Gasteiger partial charge on any atom is -0.394 e. The molecule has 104 valence electrons. The van der Waals surface area contributed by atoms with Crippen LogP contribution in [0.1, 0.15) is 44.9 Å². The lowest BCUT2D eigenvalue weighted by molar-refractivity contribution is 0.0160. The number of nitrogens with one attached hydrogen (secondary N) is 1. The lowest BCUT2D eigenvalue weighted by atomic mass is 9.96. The molecule has 2 rings (SSSR count). The van der Waals surface area contributed by atoms with Crippen molar-refractivity contribution >= 4 is 5.96 Å². The van der Waals surface area contributed by atoms with Gasteiger partial charge >= 0.3 is 0 Å². The number of rotatable bonds is 4. The summed E-state index contributed by atoms with van der Waals surface area (Å²) >= 11 is 0. The van der Waals surface area contributed by atoms with Crippen molar-refractivity contribution in [2.75, 3.05) is 13.2 Å². The first-order valence-electron chi connectivity index (χ1n) is 7.10. The molecule has 0 aromatic rings. The number of guanidine groups is 1. The van der Waals surface area contributed by atoms with Gasteiger partial charge < -0.3 is 20.9 Å². The molecule has 0 bridgehead atoms. The summed E-state index contributed by atoms with van der Waals surface area (Å²) in [6.07, 6.45) is 8.31. The van der Waals surface area contributed by atoms with E-state index in [9.17, 15) is 0 Å². The largest absolute Gasteiger partial charge is 0.394 e. The number of aliphatic hydroxyl groups is 1. The maximum absolute atomic E-state index is 8.98. The zero-order valence-corrected chi connectivity index (χ0v) is 11.0. The highest BCUT2D eigenvalue weighted by Crippen LogP contribution is 2.19. The third kappa shape index (κ3) is 4.14. The smallest absolute Gasteiger partial charge is 0.188 e. The summed E-state index contributed by atoms with van der Waals surface area (Å²) in [5, 5.41) is 12.3. The van der Waals surface area contributed by atoms with E-state index in [1.165, 1.54) is 32.1 Å². The number of hydrogen-bond donors (Lipinski definition) is 3. The summed E-state index contributed by atoms with van der Waals surface area (Å²) in [6, 6.07) is 0.497. The quantitative estimate of drug-likeness (QED) is 0.512. The molecule has 18 heavy (non-hydrogen) atoms. The minimum absolute atomic E-state index is 0.00210. The maximum atomic E-state index is 8.98. The van der Waals surface area contributed by atoms with Crippen LogP contribution in [0.4, 0.5) is 0 Å². The SMILES string of the molecule is NC(=NC[C@H]1CC[C@@H](CO)O1)NC1CCCCC1. The first-order chi connectivity index (χ1) is 8.78. The number of hydrogen-bond acceptors (Lipinski definition) is 3. The van der Waals surface area contributed by atoms with Crippen molar-refractivity contribution in [3.63, 3.8) is 0 Å². The molecule has 0 aromatic heterocycles. The molecule has 4 N–H and O–H groups in total. The van der Waals surface area contributed by atoms with Gasteiger partial charge in [0.15, 0.2) is 5.96 Å². The average Bonchev–Trinajstić information content (AvgIpc) is 2.85. The molecule has 2 atom stereocenters. The maximum Gasteiger partial charge on any atom is 0.188 e. The Morgan fingerprint density at radius 1 is 1.17 bits per heavy atom. The average molecular weight is 255 g/mol. The lowest BCUT2D eigenvalue weighted by Crippen LogP contribution is -2.41. The van der Waals surface area contributed by atoms with E-state index in [0.29, 0.717) is 18.5 Å². The Morgan fingerprint density at radius 2 is 1.89 bits per heavy atom. The van der Waals surface area contributed by atoms with Crippen LogP contribution in [0, 0.1) is 0 Å². The highest BCUT2D eigenvalue weighted by molar-refractivity contribution is 5.78. The third-order valence-corrected chi connectivity index (χ3v) is 3.82. The van der Waals surface area contributed by atoms with Crippen LogP contribution in [0.25, 0.3) is 0 Å². The second kappa shape index (κ2) is 6.95. The van der Waals surface area contributed by atoms with E-state index in [1.807, 2.05) is 0 Å². The van der Waals surface area contributed by atoms with Gasteiger partial charge in [0.25, 0.3) is 0 Å². The van der Waals surface area contributed by atoms with Crippen LogP contribution in [0.5, 0.6) is 0 Å². The molecule has 0 unspecified atom stereocenters. The Balaban J connectivity index is 1.68. The van der Waals surface area contributed by atoms with Crippen LogP contribution in [0.3, 0.4) is 0 Å². The fourth-order valence-electron chi connectivity index (χ4n) is 2.75. The summed E-state index contributed by atoms with van der Waals surface area (Å²) in [4.78, 5) is 4.35. The molecule has 2 fully saturated rings. The molecular weight excluding hydrogens is 230 g/mol. The molecule has 1 heterocycles. The van der Waals surface area contributed by atoms with Gasteiger partial charge in [-0.15, -0.1) is 0 Å². The fraction of sp³-hybridized carbons (Fsp3) is 0.923. The summed E-state index contributed by atoms with van der Waals surface area (Å²) in [6.45, 7) is 0.706. The highest BCUT2D eigenvalue weighted by atomic mass is 16.5. The van der Waals surface area contributed by atoms with Gasteiger partial charge in [0, 0.05) is 6.04 Å². The first-order valence-corrected chi connectivity index (χ1v) is 7.10. The number of ether oxygens (including phenoxy) is 1. The van der Waals surface area contributed by atoms with E-state index in [2.05, 4.69) is 10.3 Å². The molecule has 1 aliphatic heterocycles.